The van der Waals surface area contributed by atoms with Gasteiger partial charge in [-0.25, -0.2) is 0 Å². The van der Waals surface area contributed by atoms with Gasteiger partial charge in [-0.3, -0.25) is 0 Å². The van der Waals surface area contributed by atoms with E-state index in [9.17, 15) is 0 Å². The van der Waals surface area contributed by atoms with E-state index < -0.39 is 8.07 Å². The van der Waals surface area contributed by atoms with E-state index in [2.05, 4.69) is 342 Å². The standard InChI is InChI=1S/C92H64S2Si/c1-91(2)79-50-23-21-46-74(79)89-86(91)76-53-52-61(56-81(76)93-89)84-68-40-15-13-38-66(68)83(67-39-14-16-41-69(67)84)60-31-26-37-65(55-60)95(62-32-9-5-10-33-62,63-34-11-6-12-35-63)64-36-25-28-58(54-64)57-92(3)80-51-24-22-47-75(80)90-87(92)78-49-27-48-77(88(78)94-90)85-72-44-19-17-42-70(72)82(59-29-7-4-8-30-59)71-43-18-20-45-73(71)85/h4-56H,57H2,1-3H3. The number of fused-ring (bicyclic) bond motifs is 14. The van der Waals surface area contributed by atoms with Crippen molar-refractivity contribution in [3.05, 3.63) is 349 Å². The molecule has 3 heteroatoms. The average molecular weight is 1260 g/mol. The lowest BCUT2D eigenvalue weighted by atomic mass is 9.74. The summed E-state index contributed by atoms with van der Waals surface area (Å²) in [6.45, 7) is 7.34. The van der Waals surface area contributed by atoms with Crippen LogP contribution in [0.3, 0.4) is 0 Å². The molecule has 0 spiro atoms. The maximum absolute atomic E-state index is 3.12. The third-order valence-electron chi connectivity index (χ3n) is 21.6. The van der Waals surface area contributed by atoms with E-state index in [1.54, 1.807) is 0 Å². The molecule has 0 saturated carbocycles. The van der Waals surface area contributed by atoms with Crippen molar-refractivity contribution in [3.8, 4) is 65.4 Å². The summed E-state index contributed by atoms with van der Waals surface area (Å²) in [6, 6.07) is 123. The molecule has 17 aromatic rings. The van der Waals surface area contributed by atoms with E-state index in [1.807, 2.05) is 22.7 Å². The summed E-state index contributed by atoms with van der Waals surface area (Å²) >= 11 is 3.95. The second-order valence-corrected chi connectivity index (χ2v) is 32.9. The Morgan fingerprint density at radius 3 is 1.28 bits per heavy atom. The van der Waals surface area contributed by atoms with E-state index in [0.29, 0.717) is 0 Å². The Morgan fingerprint density at radius 2 is 0.695 bits per heavy atom. The van der Waals surface area contributed by atoms with Crippen LogP contribution in [0.15, 0.2) is 322 Å². The lowest BCUT2D eigenvalue weighted by molar-refractivity contribution is 0.588. The van der Waals surface area contributed by atoms with Crippen LogP contribution >= 0.6 is 22.7 Å². The van der Waals surface area contributed by atoms with Gasteiger partial charge in [-0.15, -0.1) is 22.7 Å². The fraction of sp³-hybridized carbons (Fsp3) is 0.0652. The first-order valence-electron chi connectivity index (χ1n) is 33.3. The van der Waals surface area contributed by atoms with Gasteiger partial charge in [0.1, 0.15) is 0 Å². The van der Waals surface area contributed by atoms with Gasteiger partial charge in [0.15, 0.2) is 8.07 Å². The van der Waals surface area contributed by atoms with Gasteiger partial charge >= 0.3 is 0 Å². The molecular weight excluding hydrogens is 1200 g/mol. The third-order valence-corrected chi connectivity index (χ3v) is 28.8. The third kappa shape index (κ3) is 8.23. The largest absolute Gasteiger partial charge is 0.179 e. The van der Waals surface area contributed by atoms with Crippen LogP contribution in [0.5, 0.6) is 0 Å². The Labute approximate surface area is 563 Å². The summed E-state index contributed by atoms with van der Waals surface area (Å²) in [6.07, 6.45) is 0.838. The Balaban J connectivity index is 0.770. The minimum absolute atomic E-state index is 0.0612. The summed E-state index contributed by atoms with van der Waals surface area (Å²) in [4.78, 5) is 2.81. The van der Waals surface area contributed by atoms with Crippen LogP contribution in [-0.4, -0.2) is 8.07 Å². The van der Waals surface area contributed by atoms with Crippen LogP contribution in [-0.2, 0) is 17.3 Å². The highest BCUT2D eigenvalue weighted by Crippen LogP contribution is 2.60. The quantitative estimate of drug-likeness (QED) is 0.0727. The predicted molar refractivity (Wildman–Crippen MR) is 412 cm³/mol. The normalized spacial score (nSPS) is 14.6. The van der Waals surface area contributed by atoms with Crippen molar-refractivity contribution in [1.82, 2.24) is 0 Å². The van der Waals surface area contributed by atoms with Crippen LogP contribution < -0.4 is 20.7 Å². The Hall–Kier alpha value is -10.5. The van der Waals surface area contributed by atoms with E-state index in [4.69, 9.17) is 0 Å². The molecule has 448 valence electrons. The Bertz CT molecular complexity index is 5840. The molecule has 15 aromatic carbocycles. The lowest BCUT2D eigenvalue weighted by Gasteiger charge is -2.35. The van der Waals surface area contributed by atoms with Crippen molar-refractivity contribution in [2.45, 2.75) is 38.0 Å². The molecule has 0 fully saturated rings. The topological polar surface area (TPSA) is 0 Å². The van der Waals surface area contributed by atoms with E-state index >= 15 is 0 Å². The number of benzene rings is 15. The van der Waals surface area contributed by atoms with Crippen LogP contribution in [0.25, 0.3) is 129 Å². The summed E-state index contributed by atoms with van der Waals surface area (Å²) < 4.78 is 2.69. The summed E-state index contributed by atoms with van der Waals surface area (Å²) in [5, 5.41) is 18.3. The Kier molecular flexibility index (Phi) is 12.7. The van der Waals surface area contributed by atoms with Crippen LogP contribution in [0.4, 0.5) is 0 Å². The predicted octanol–water partition coefficient (Wildman–Crippen LogP) is 22.6. The molecule has 1 unspecified atom stereocenters. The molecule has 0 bridgehead atoms. The van der Waals surface area contributed by atoms with Crippen molar-refractivity contribution in [2.75, 3.05) is 0 Å². The highest BCUT2D eigenvalue weighted by atomic mass is 32.1. The SMILES string of the molecule is CC1(C)c2ccccc2-c2sc3cc(-c4c5ccccc5c(-c5cccc([Si](c6ccccc6)(c6ccccc6)c6cccc(CC7(C)c8ccccc8-c8sc9c(-c%10c%11ccccc%11c(-c%11ccccc%11)c%11ccccc%10%11)cccc9c87)c6)c5)c5ccccc45)ccc3c21. The van der Waals surface area contributed by atoms with Gasteiger partial charge in [-0.2, -0.15) is 0 Å². The molecular formula is C92H64S2Si. The van der Waals surface area contributed by atoms with Gasteiger partial charge in [-0.1, -0.05) is 336 Å². The zero-order valence-corrected chi connectivity index (χ0v) is 55.8. The van der Waals surface area contributed by atoms with Crippen molar-refractivity contribution >= 4 is 115 Å². The molecule has 0 radical (unpaired) electrons. The maximum atomic E-state index is 2.62. The fourth-order valence-corrected chi connectivity index (χ4v) is 25.4. The van der Waals surface area contributed by atoms with Crippen molar-refractivity contribution in [1.29, 1.82) is 0 Å². The van der Waals surface area contributed by atoms with Crippen LogP contribution in [0.2, 0.25) is 0 Å². The zero-order valence-electron chi connectivity index (χ0n) is 53.1. The molecule has 0 nitrogen and oxygen atoms in total. The highest BCUT2D eigenvalue weighted by Gasteiger charge is 2.45. The van der Waals surface area contributed by atoms with E-state index in [-0.39, 0.29) is 10.8 Å². The monoisotopic (exact) mass is 1260 g/mol. The second-order valence-electron chi connectivity index (χ2n) is 27.0. The summed E-state index contributed by atoms with van der Waals surface area (Å²) in [7, 11) is -3.12. The fourth-order valence-electron chi connectivity index (χ4n) is 17.6. The van der Waals surface area contributed by atoms with Gasteiger partial charge in [0.05, 0.1) is 0 Å². The molecule has 0 N–H and O–H groups in total. The number of hydrogen-bond donors (Lipinski definition) is 0. The highest BCUT2D eigenvalue weighted by molar-refractivity contribution is 7.23. The first-order chi connectivity index (χ1) is 46.8. The van der Waals surface area contributed by atoms with Crippen LogP contribution in [0, 0.1) is 0 Å². The van der Waals surface area contributed by atoms with Gasteiger partial charge in [-0.05, 0) is 165 Å². The van der Waals surface area contributed by atoms with E-state index in [0.717, 1.165) is 6.42 Å². The second kappa shape index (κ2) is 21.5. The first kappa shape index (κ1) is 56.1. The van der Waals surface area contributed by atoms with Crippen molar-refractivity contribution < 1.29 is 0 Å². The number of rotatable bonds is 10. The van der Waals surface area contributed by atoms with Gasteiger partial charge in [0, 0.05) is 35.5 Å². The maximum Gasteiger partial charge on any atom is 0.179 e. The van der Waals surface area contributed by atoms with E-state index in [1.165, 1.54) is 177 Å². The number of hydrogen-bond acceptors (Lipinski definition) is 2. The molecule has 2 aromatic heterocycles. The number of thiophene rings is 2. The molecule has 95 heavy (non-hydrogen) atoms. The average Bonchev–Trinajstić information content (AvgIpc) is 1.62. The first-order valence-corrected chi connectivity index (χ1v) is 37.0. The zero-order chi connectivity index (χ0) is 63.2. The van der Waals surface area contributed by atoms with Crippen molar-refractivity contribution in [3.63, 3.8) is 0 Å². The molecule has 1 atom stereocenters. The molecule has 19 rings (SSSR count). The molecule has 2 aliphatic rings. The summed E-state index contributed by atoms with van der Waals surface area (Å²) in [5.74, 6) is 0. The smallest absolute Gasteiger partial charge is 0.135 e. The molecule has 0 saturated heterocycles. The minimum atomic E-state index is -3.12. The molecule has 2 heterocycles. The van der Waals surface area contributed by atoms with Crippen LogP contribution in [0.1, 0.15) is 48.6 Å². The molecule has 0 aliphatic heterocycles. The lowest BCUT2D eigenvalue weighted by Crippen LogP contribution is -2.74. The Morgan fingerprint density at radius 1 is 0.284 bits per heavy atom. The van der Waals surface area contributed by atoms with Gasteiger partial charge in [0.2, 0.25) is 0 Å². The van der Waals surface area contributed by atoms with Gasteiger partial charge < -0.3 is 0 Å². The van der Waals surface area contributed by atoms with Crippen molar-refractivity contribution in [2.24, 2.45) is 0 Å². The van der Waals surface area contributed by atoms with Gasteiger partial charge in [0.25, 0.3) is 0 Å². The molecule has 0 amide bonds. The summed E-state index contributed by atoms with van der Waals surface area (Å²) in [5.41, 5.74) is 19.6. The minimum Gasteiger partial charge on any atom is -0.135 e. The molecule has 2 aliphatic carbocycles.